The number of hydrogen-bond donors (Lipinski definition) is 0. The van der Waals surface area contributed by atoms with Gasteiger partial charge in [-0.15, -0.1) is 11.8 Å². The molecule has 8 heteroatoms. The molecule has 0 radical (unpaired) electrons. The first-order chi connectivity index (χ1) is 13.0. The van der Waals surface area contributed by atoms with Crippen molar-refractivity contribution in [2.75, 3.05) is 23.8 Å². The molecule has 27 heavy (non-hydrogen) atoms. The molecule has 1 fully saturated rings. The number of aromatic nitrogens is 1. The van der Waals surface area contributed by atoms with E-state index in [0.29, 0.717) is 30.4 Å². The number of amides is 1. The second-order valence-electron chi connectivity index (χ2n) is 6.65. The van der Waals surface area contributed by atoms with E-state index >= 15 is 0 Å². The van der Waals surface area contributed by atoms with Gasteiger partial charge in [-0.3, -0.25) is 4.79 Å². The lowest BCUT2D eigenvalue weighted by molar-refractivity contribution is -0.130. The van der Waals surface area contributed by atoms with Gasteiger partial charge in [0.1, 0.15) is 6.26 Å². The van der Waals surface area contributed by atoms with Crippen LogP contribution in [0.1, 0.15) is 25.5 Å². The van der Waals surface area contributed by atoms with Crippen molar-refractivity contribution >= 4 is 27.5 Å². The van der Waals surface area contributed by atoms with Gasteiger partial charge in [0.15, 0.2) is 9.84 Å². The van der Waals surface area contributed by atoms with Crippen molar-refractivity contribution in [1.29, 1.82) is 0 Å². The number of rotatable bonds is 8. The van der Waals surface area contributed by atoms with Crippen molar-refractivity contribution in [2.24, 2.45) is 0 Å². The monoisotopic (exact) mass is 408 g/mol. The highest BCUT2D eigenvalue weighted by molar-refractivity contribution is 7.99. The van der Waals surface area contributed by atoms with E-state index < -0.39 is 9.84 Å². The minimum Gasteiger partial charge on any atom is -0.444 e. The molecule has 1 aromatic heterocycles. The van der Waals surface area contributed by atoms with E-state index in [1.807, 2.05) is 37.3 Å². The fourth-order valence-electron chi connectivity index (χ4n) is 3.19. The highest BCUT2D eigenvalue weighted by Crippen LogP contribution is 2.22. The number of sulfone groups is 1. The number of oxazole rings is 1. The topological polar surface area (TPSA) is 80.5 Å². The molecule has 1 atom stereocenters. The highest BCUT2D eigenvalue weighted by atomic mass is 32.2. The molecule has 1 amide bonds. The average Bonchev–Trinajstić information content (AvgIpc) is 3.26. The van der Waals surface area contributed by atoms with Gasteiger partial charge in [-0.2, -0.15) is 0 Å². The Kier molecular flexibility index (Phi) is 6.59. The lowest BCUT2D eigenvalue weighted by Crippen LogP contribution is -2.42. The third-order valence-electron chi connectivity index (χ3n) is 4.48. The molecule has 1 unspecified atom stereocenters. The van der Waals surface area contributed by atoms with Gasteiger partial charge in [0.25, 0.3) is 0 Å². The maximum atomic E-state index is 12.6. The second kappa shape index (κ2) is 8.93. The maximum absolute atomic E-state index is 12.6. The Morgan fingerprint density at radius 2 is 2.11 bits per heavy atom. The van der Waals surface area contributed by atoms with E-state index in [4.69, 9.17) is 4.42 Å². The van der Waals surface area contributed by atoms with Crippen LogP contribution in [0.4, 0.5) is 0 Å². The highest BCUT2D eigenvalue weighted by Gasteiger charge is 2.34. The summed E-state index contributed by atoms with van der Waals surface area (Å²) in [7, 11) is -3.00. The summed E-state index contributed by atoms with van der Waals surface area (Å²) in [4.78, 5) is 18.8. The molecule has 1 aromatic carbocycles. The predicted octanol–water partition coefficient (Wildman–Crippen LogP) is 3.00. The Bertz CT molecular complexity index is 865. The number of benzene rings is 1. The third-order valence-corrected chi connectivity index (χ3v) is 7.18. The van der Waals surface area contributed by atoms with Gasteiger partial charge in [0.2, 0.25) is 11.8 Å². The molecule has 6 nitrogen and oxygen atoms in total. The smallest absolute Gasteiger partial charge is 0.232 e. The number of nitrogens with zero attached hydrogens (tertiary/aromatic N) is 2. The van der Waals surface area contributed by atoms with E-state index in [1.165, 1.54) is 11.8 Å². The number of hydrogen-bond acceptors (Lipinski definition) is 6. The summed E-state index contributed by atoms with van der Waals surface area (Å²) in [6.07, 6.45) is 2.98. The van der Waals surface area contributed by atoms with Crippen LogP contribution in [0.3, 0.4) is 0 Å². The van der Waals surface area contributed by atoms with E-state index in [9.17, 15) is 13.2 Å². The minimum absolute atomic E-state index is 0.00396. The van der Waals surface area contributed by atoms with Crippen molar-refractivity contribution in [2.45, 2.75) is 31.6 Å². The van der Waals surface area contributed by atoms with Crippen molar-refractivity contribution in [1.82, 2.24) is 9.88 Å². The third kappa shape index (κ3) is 5.35. The molecule has 2 aromatic rings. The van der Waals surface area contributed by atoms with Crippen LogP contribution < -0.4 is 0 Å². The summed E-state index contributed by atoms with van der Waals surface area (Å²) < 4.78 is 29.0. The van der Waals surface area contributed by atoms with Crippen LogP contribution in [0, 0.1) is 0 Å². The fraction of sp³-hybridized carbons (Fsp3) is 0.474. The molecule has 146 valence electrons. The van der Waals surface area contributed by atoms with Crippen molar-refractivity contribution < 1.29 is 17.6 Å². The Labute approximate surface area is 164 Å². The summed E-state index contributed by atoms with van der Waals surface area (Å²) in [5, 5.41) is 0. The quantitative estimate of drug-likeness (QED) is 0.668. The van der Waals surface area contributed by atoms with Crippen molar-refractivity contribution in [3.8, 4) is 11.5 Å². The van der Waals surface area contributed by atoms with Gasteiger partial charge >= 0.3 is 0 Å². The lowest BCUT2D eigenvalue weighted by atomic mass is 10.2. The molecular formula is C19H24N2O4S2. The van der Waals surface area contributed by atoms with Crippen LogP contribution in [-0.2, 0) is 20.4 Å². The van der Waals surface area contributed by atoms with Crippen LogP contribution in [0.5, 0.6) is 0 Å². The maximum Gasteiger partial charge on any atom is 0.232 e. The van der Waals surface area contributed by atoms with E-state index in [2.05, 4.69) is 4.98 Å². The zero-order valence-corrected chi connectivity index (χ0v) is 17.0. The zero-order chi connectivity index (χ0) is 19.3. The van der Waals surface area contributed by atoms with Crippen LogP contribution in [0.25, 0.3) is 11.5 Å². The number of thioether (sulfide) groups is 1. The first-order valence-electron chi connectivity index (χ1n) is 9.06. The van der Waals surface area contributed by atoms with E-state index in [0.717, 1.165) is 17.7 Å². The standard InChI is InChI=1S/C19H24N2O4S2/c1-2-9-21(17-8-10-27(23,24)14-17)18(22)13-26-12-16-11-25-19(20-16)15-6-4-3-5-7-15/h3-7,11,17H,2,8-10,12-14H2,1H3. The molecule has 0 spiro atoms. The fourth-order valence-corrected chi connectivity index (χ4v) is 5.70. The molecule has 0 aliphatic carbocycles. The van der Waals surface area contributed by atoms with Gasteiger partial charge in [-0.25, -0.2) is 13.4 Å². The Balaban J connectivity index is 1.53. The van der Waals surface area contributed by atoms with E-state index in [1.54, 1.807) is 11.2 Å². The van der Waals surface area contributed by atoms with Gasteiger partial charge in [0, 0.05) is 23.9 Å². The first-order valence-corrected chi connectivity index (χ1v) is 12.0. The summed E-state index contributed by atoms with van der Waals surface area (Å²) in [6.45, 7) is 2.60. The predicted molar refractivity (Wildman–Crippen MR) is 107 cm³/mol. The molecule has 1 saturated heterocycles. The molecule has 1 aliphatic rings. The largest absolute Gasteiger partial charge is 0.444 e. The Morgan fingerprint density at radius 3 is 2.78 bits per heavy atom. The zero-order valence-electron chi connectivity index (χ0n) is 15.3. The first kappa shape index (κ1) is 19.9. The van der Waals surface area contributed by atoms with Crippen LogP contribution in [0.15, 0.2) is 41.0 Å². The number of carbonyl (C=O) groups is 1. The number of carbonyl (C=O) groups excluding carboxylic acids is 1. The summed E-state index contributed by atoms with van der Waals surface area (Å²) in [5.74, 6) is 1.72. The molecule has 0 bridgehead atoms. The molecule has 2 heterocycles. The normalized spacial score (nSPS) is 18.5. The SMILES string of the molecule is CCCN(C(=O)CSCc1coc(-c2ccccc2)n1)C1CCS(=O)(=O)C1. The van der Waals surface area contributed by atoms with Gasteiger partial charge < -0.3 is 9.32 Å². The van der Waals surface area contributed by atoms with Crippen LogP contribution in [0.2, 0.25) is 0 Å². The van der Waals surface area contributed by atoms with Crippen LogP contribution >= 0.6 is 11.8 Å². The van der Waals surface area contributed by atoms with Crippen LogP contribution in [-0.4, -0.2) is 54.1 Å². The Hall–Kier alpha value is -1.80. The summed E-state index contributed by atoms with van der Waals surface area (Å²) in [5.41, 5.74) is 1.71. The molecule has 0 saturated carbocycles. The Morgan fingerprint density at radius 1 is 1.33 bits per heavy atom. The van der Waals surface area contributed by atoms with E-state index in [-0.39, 0.29) is 23.5 Å². The second-order valence-corrected chi connectivity index (χ2v) is 9.86. The van der Waals surface area contributed by atoms with Crippen molar-refractivity contribution in [3.63, 3.8) is 0 Å². The van der Waals surface area contributed by atoms with Gasteiger partial charge in [-0.05, 0) is 25.0 Å². The molecule has 3 rings (SSSR count). The lowest BCUT2D eigenvalue weighted by Gasteiger charge is -2.27. The molecule has 1 aliphatic heterocycles. The van der Waals surface area contributed by atoms with Gasteiger partial charge in [-0.1, -0.05) is 25.1 Å². The molecular weight excluding hydrogens is 384 g/mol. The van der Waals surface area contributed by atoms with Gasteiger partial charge in [0.05, 0.1) is 23.0 Å². The average molecular weight is 409 g/mol. The summed E-state index contributed by atoms with van der Waals surface area (Å²) >= 11 is 1.47. The summed E-state index contributed by atoms with van der Waals surface area (Å²) in [6, 6.07) is 9.48. The minimum atomic E-state index is -3.00. The molecule has 0 N–H and O–H groups in total. The van der Waals surface area contributed by atoms with Crippen molar-refractivity contribution in [3.05, 3.63) is 42.3 Å².